The zero-order valence-corrected chi connectivity index (χ0v) is 17.9. The highest BCUT2D eigenvalue weighted by Gasteiger charge is 2.21. The summed E-state index contributed by atoms with van der Waals surface area (Å²) in [7, 11) is 0. The molecule has 4 N–H and O–H groups in total. The summed E-state index contributed by atoms with van der Waals surface area (Å²) >= 11 is 0. The summed E-state index contributed by atoms with van der Waals surface area (Å²) in [6, 6.07) is 14.5. The number of aryl methyl sites for hydroxylation is 1. The Morgan fingerprint density at radius 1 is 1.03 bits per heavy atom. The lowest BCUT2D eigenvalue weighted by molar-refractivity contribution is -0.129. The minimum absolute atomic E-state index is 0.231. The number of ether oxygens (including phenoxy) is 1. The molecule has 0 saturated carbocycles. The van der Waals surface area contributed by atoms with Crippen molar-refractivity contribution in [1.29, 1.82) is 0 Å². The van der Waals surface area contributed by atoms with Crippen LogP contribution in [0.15, 0.2) is 48.5 Å². The van der Waals surface area contributed by atoms with Gasteiger partial charge in [0.2, 0.25) is 5.91 Å². The zero-order valence-electron chi connectivity index (χ0n) is 17.9. The highest BCUT2D eigenvalue weighted by atomic mass is 16.5. The van der Waals surface area contributed by atoms with E-state index in [0.717, 1.165) is 24.8 Å². The summed E-state index contributed by atoms with van der Waals surface area (Å²) in [4.78, 5) is 36.8. The number of hydrogen-bond donors (Lipinski definition) is 4. The van der Waals surface area contributed by atoms with Crippen LogP contribution in [0, 0.1) is 0 Å². The van der Waals surface area contributed by atoms with Gasteiger partial charge < -0.3 is 15.4 Å². The molecule has 8 nitrogen and oxygen atoms in total. The maximum atomic E-state index is 13.0. The van der Waals surface area contributed by atoms with Gasteiger partial charge in [-0.25, -0.2) is 5.48 Å². The lowest BCUT2D eigenvalue weighted by Crippen LogP contribution is -2.31. The van der Waals surface area contributed by atoms with Crippen molar-refractivity contribution in [3.05, 3.63) is 59.7 Å². The second kappa shape index (κ2) is 12.0. The summed E-state index contributed by atoms with van der Waals surface area (Å²) in [5.41, 5.74) is 4.24. The predicted molar refractivity (Wildman–Crippen MR) is 121 cm³/mol. The van der Waals surface area contributed by atoms with Crippen molar-refractivity contribution in [2.24, 2.45) is 0 Å². The normalized spacial score (nSPS) is 16.8. The smallest absolute Gasteiger partial charge is 0.255 e. The molecular formula is C24H29N3O5. The standard InChI is InChI=1S/C24H29N3O5/c28-22(27-31)14-3-1-2-13-21-24(30)26-20-12-5-4-11-19(20)25-23(29)18-10-6-8-17(16-18)9-7-15-32-21/h4-6,8,10-12,16,21,31H,1-3,7,9,13-15H2,(H,25,29)(H,26,30)(H,27,28)/t21-/m0/s1. The Bertz CT molecular complexity index is 947. The Kier molecular flexibility index (Phi) is 8.77. The lowest BCUT2D eigenvalue weighted by Gasteiger charge is -2.20. The van der Waals surface area contributed by atoms with E-state index in [0.29, 0.717) is 42.8 Å². The number of amides is 3. The number of hydrogen-bond acceptors (Lipinski definition) is 5. The van der Waals surface area contributed by atoms with E-state index in [1.165, 1.54) is 0 Å². The van der Waals surface area contributed by atoms with Gasteiger partial charge in [0.15, 0.2) is 0 Å². The number of nitrogens with one attached hydrogen (secondary N) is 3. The average molecular weight is 440 g/mol. The molecule has 0 aromatic heterocycles. The first-order valence-electron chi connectivity index (χ1n) is 10.9. The SMILES string of the molecule is O=C(CCCCC[C@@H]1OCCCc2cccc(c2)C(=O)Nc2ccccc2NC1=O)NO. The first kappa shape index (κ1) is 23.4. The molecule has 3 amide bonds. The predicted octanol–water partition coefficient (Wildman–Crippen LogP) is 3.66. The van der Waals surface area contributed by atoms with Gasteiger partial charge in [-0.2, -0.15) is 0 Å². The second-order valence-electron chi connectivity index (χ2n) is 7.79. The molecule has 170 valence electrons. The largest absolute Gasteiger partial charge is 0.368 e. The monoisotopic (exact) mass is 439 g/mol. The first-order chi connectivity index (χ1) is 15.6. The number of carbonyl (C=O) groups excluding carboxylic acids is 3. The van der Waals surface area contributed by atoms with E-state index >= 15 is 0 Å². The minimum Gasteiger partial charge on any atom is -0.368 e. The van der Waals surface area contributed by atoms with Crippen LogP contribution in [0.5, 0.6) is 0 Å². The van der Waals surface area contributed by atoms with Crippen molar-refractivity contribution < 1.29 is 24.3 Å². The number of para-hydroxylation sites is 2. The maximum Gasteiger partial charge on any atom is 0.255 e. The van der Waals surface area contributed by atoms with Crippen molar-refractivity contribution >= 4 is 29.1 Å². The number of hydroxylamine groups is 1. The van der Waals surface area contributed by atoms with Crippen LogP contribution in [0.2, 0.25) is 0 Å². The number of unbranched alkanes of at least 4 members (excludes halogenated alkanes) is 2. The van der Waals surface area contributed by atoms with Gasteiger partial charge in [0.1, 0.15) is 6.10 Å². The Morgan fingerprint density at radius 3 is 2.59 bits per heavy atom. The molecule has 1 aliphatic rings. The van der Waals surface area contributed by atoms with Crippen LogP contribution in [0.1, 0.15) is 54.4 Å². The number of rotatable bonds is 6. The van der Waals surface area contributed by atoms with Crippen LogP contribution in [0.4, 0.5) is 11.4 Å². The van der Waals surface area contributed by atoms with Gasteiger partial charge in [-0.1, -0.05) is 37.1 Å². The average Bonchev–Trinajstić information content (AvgIpc) is 2.80. The van der Waals surface area contributed by atoms with Gasteiger partial charge in [0.05, 0.1) is 11.4 Å². The minimum atomic E-state index is -0.639. The van der Waals surface area contributed by atoms with E-state index < -0.39 is 12.0 Å². The summed E-state index contributed by atoms with van der Waals surface area (Å²) in [5.74, 6) is -0.916. The van der Waals surface area contributed by atoms with E-state index in [1.807, 2.05) is 18.2 Å². The van der Waals surface area contributed by atoms with Crippen LogP contribution in [0.25, 0.3) is 0 Å². The third-order valence-electron chi connectivity index (χ3n) is 5.34. The molecule has 0 saturated heterocycles. The Hall–Kier alpha value is -3.23. The fourth-order valence-corrected chi connectivity index (χ4v) is 3.62. The quantitative estimate of drug-likeness (QED) is 0.311. The Balaban J connectivity index is 1.72. The molecule has 1 heterocycles. The van der Waals surface area contributed by atoms with E-state index in [-0.39, 0.29) is 18.2 Å². The van der Waals surface area contributed by atoms with Gasteiger partial charge in [-0.15, -0.1) is 0 Å². The van der Waals surface area contributed by atoms with E-state index in [9.17, 15) is 14.4 Å². The fourth-order valence-electron chi connectivity index (χ4n) is 3.62. The molecule has 3 rings (SSSR count). The van der Waals surface area contributed by atoms with Crippen LogP contribution in [-0.4, -0.2) is 35.6 Å². The van der Waals surface area contributed by atoms with Gasteiger partial charge in [0.25, 0.3) is 11.8 Å². The molecule has 32 heavy (non-hydrogen) atoms. The van der Waals surface area contributed by atoms with Gasteiger partial charge >= 0.3 is 0 Å². The molecule has 0 spiro atoms. The molecule has 0 radical (unpaired) electrons. The summed E-state index contributed by atoms with van der Waals surface area (Å²) in [6.45, 7) is 0.420. The van der Waals surface area contributed by atoms with Gasteiger partial charge in [-0.05, 0) is 55.5 Å². The molecule has 0 aliphatic carbocycles. The maximum absolute atomic E-state index is 13.0. The fraction of sp³-hybridized carbons (Fsp3) is 0.375. The van der Waals surface area contributed by atoms with Crippen LogP contribution in [-0.2, 0) is 20.7 Å². The first-order valence-corrected chi connectivity index (χ1v) is 10.9. The van der Waals surface area contributed by atoms with Crippen molar-refractivity contribution in [2.45, 2.75) is 51.0 Å². The highest BCUT2D eigenvalue weighted by molar-refractivity contribution is 6.07. The topological polar surface area (TPSA) is 117 Å². The van der Waals surface area contributed by atoms with Crippen molar-refractivity contribution in [3.8, 4) is 0 Å². The number of benzene rings is 2. The number of fused-ring (bicyclic) bond motifs is 3. The second-order valence-corrected chi connectivity index (χ2v) is 7.79. The molecule has 8 heteroatoms. The lowest BCUT2D eigenvalue weighted by atomic mass is 10.1. The summed E-state index contributed by atoms with van der Waals surface area (Å²) in [5, 5.41) is 14.3. The highest BCUT2D eigenvalue weighted by Crippen LogP contribution is 2.23. The van der Waals surface area contributed by atoms with E-state index in [2.05, 4.69) is 10.6 Å². The zero-order chi connectivity index (χ0) is 22.8. The Labute approximate surface area is 187 Å². The van der Waals surface area contributed by atoms with Crippen molar-refractivity contribution in [1.82, 2.24) is 5.48 Å². The number of carbonyl (C=O) groups is 3. The van der Waals surface area contributed by atoms with Gasteiger partial charge in [0, 0.05) is 18.6 Å². The third kappa shape index (κ3) is 6.90. The summed E-state index contributed by atoms with van der Waals surface area (Å²) < 4.78 is 5.94. The Morgan fingerprint density at radius 2 is 1.81 bits per heavy atom. The van der Waals surface area contributed by atoms with Crippen LogP contribution in [0.3, 0.4) is 0 Å². The molecule has 1 aliphatic heterocycles. The number of anilines is 2. The third-order valence-corrected chi connectivity index (χ3v) is 5.34. The molecule has 2 bridgehead atoms. The summed E-state index contributed by atoms with van der Waals surface area (Å²) in [6.07, 6.45) is 3.63. The molecule has 0 unspecified atom stereocenters. The molecular weight excluding hydrogens is 410 g/mol. The van der Waals surface area contributed by atoms with Crippen molar-refractivity contribution in [2.75, 3.05) is 17.2 Å². The van der Waals surface area contributed by atoms with Crippen LogP contribution >= 0.6 is 0 Å². The van der Waals surface area contributed by atoms with Crippen molar-refractivity contribution in [3.63, 3.8) is 0 Å². The van der Waals surface area contributed by atoms with Crippen LogP contribution < -0.4 is 16.1 Å². The molecule has 1 atom stereocenters. The molecule has 2 aromatic rings. The van der Waals surface area contributed by atoms with Gasteiger partial charge in [-0.3, -0.25) is 19.6 Å². The van der Waals surface area contributed by atoms with E-state index in [1.54, 1.807) is 35.8 Å². The molecule has 0 fully saturated rings. The molecule has 2 aromatic carbocycles. The van der Waals surface area contributed by atoms with E-state index in [4.69, 9.17) is 9.94 Å².